The van der Waals surface area contributed by atoms with Crippen LogP contribution in [0.1, 0.15) is 36.4 Å². The van der Waals surface area contributed by atoms with Gasteiger partial charge in [0.2, 0.25) is 0 Å². The highest BCUT2D eigenvalue weighted by molar-refractivity contribution is 5.64. The molecule has 26 heavy (non-hydrogen) atoms. The maximum Gasteiger partial charge on any atom is 0.127 e. The molecule has 0 radical (unpaired) electrons. The first-order valence-corrected chi connectivity index (χ1v) is 9.09. The maximum atomic E-state index is 9.78. The summed E-state index contributed by atoms with van der Waals surface area (Å²) in [5.74, 6) is 1.75. The SMILES string of the molecule is COc1ccc2c(c1)C=C(CN1CCCn3nc([C@H](C)O)cc3C1)CO2. The van der Waals surface area contributed by atoms with Crippen molar-refractivity contribution >= 4 is 6.08 Å². The van der Waals surface area contributed by atoms with Crippen molar-refractivity contribution in [1.82, 2.24) is 14.7 Å². The second-order valence-corrected chi connectivity index (χ2v) is 7.02. The van der Waals surface area contributed by atoms with Crippen molar-refractivity contribution in [2.45, 2.75) is 32.5 Å². The molecule has 6 heteroatoms. The smallest absolute Gasteiger partial charge is 0.127 e. The van der Waals surface area contributed by atoms with Gasteiger partial charge in [-0.2, -0.15) is 5.10 Å². The molecule has 2 aliphatic rings. The van der Waals surface area contributed by atoms with E-state index >= 15 is 0 Å². The Labute approximate surface area is 153 Å². The Bertz CT molecular complexity index is 826. The highest BCUT2D eigenvalue weighted by Gasteiger charge is 2.20. The van der Waals surface area contributed by atoms with Crippen molar-refractivity contribution in [3.05, 3.63) is 46.8 Å². The van der Waals surface area contributed by atoms with Gasteiger partial charge in [-0.25, -0.2) is 0 Å². The molecule has 0 unspecified atom stereocenters. The van der Waals surface area contributed by atoms with Crippen molar-refractivity contribution in [2.24, 2.45) is 0 Å². The van der Waals surface area contributed by atoms with E-state index in [1.807, 2.05) is 28.9 Å². The van der Waals surface area contributed by atoms with Crippen molar-refractivity contribution < 1.29 is 14.6 Å². The Morgan fingerprint density at radius 1 is 1.31 bits per heavy atom. The molecule has 2 aromatic rings. The first-order chi connectivity index (χ1) is 12.6. The number of benzene rings is 1. The van der Waals surface area contributed by atoms with E-state index in [0.29, 0.717) is 6.61 Å². The summed E-state index contributed by atoms with van der Waals surface area (Å²) in [5.41, 5.74) is 4.25. The number of aliphatic hydroxyl groups excluding tert-OH is 1. The van der Waals surface area contributed by atoms with E-state index in [-0.39, 0.29) is 0 Å². The van der Waals surface area contributed by atoms with Gasteiger partial charge < -0.3 is 14.6 Å². The lowest BCUT2D eigenvalue weighted by molar-refractivity contribution is 0.193. The molecule has 1 aromatic carbocycles. The minimum absolute atomic E-state index is 0.524. The second-order valence-electron chi connectivity index (χ2n) is 7.02. The molecule has 0 spiro atoms. The zero-order valence-corrected chi connectivity index (χ0v) is 15.3. The van der Waals surface area contributed by atoms with Crippen LogP contribution in [0.25, 0.3) is 6.08 Å². The number of hydrogen-bond donors (Lipinski definition) is 1. The number of hydrogen-bond acceptors (Lipinski definition) is 5. The molecule has 0 aliphatic carbocycles. The number of ether oxygens (including phenoxy) is 2. The van der Waals surface area contributed by atoms with Gasteiger partial charge in [0.15, 0.2) is 0 Å². The van der Waals surface area contributed by atoms with Gasteiger partial charge in [-0.3, -0.25) is 9.58 Å². The Kier molecular flexibility index (Phi) is 4.70. The number of aliphatic hydroxyl groups is 1. The van der Waals surface area contributed by atoms with Crippen LogP contribution in [-0.2, 0) is 13.1 Å². The van der Waals surface area contributed by atoms with Crippen LogP contribution in [0.2, 0.25) is 0 Å². The third kappa shape index (κ3) is 3.48. The molecule has 0 amide bonds. The van der Waals surface area contributed by atoms with E-state index < -0.39 is 6.10 Å². The summed E-state index contributed by atoms with van der Waals surface area (Å²) in [5, 5.41) is 14.3. The van der Waals surface area contributed by atoms with Crippen LogP contribution in [0, 0.1) is 0 Å². The summed E-state index contributed by atoms with van der Waals surface area (Å²) in [6, 6.07) is 7.92. The van der Waals surface area contributed by atoms with Crippen molar-refractivity contribution in [1.29, 1.82) is 0 Å². The van der Waals surface area contributed by atoms with Crippen LogP contribution in [0.5, 0.6) is 11.5 Å². The van der Waals surface area contributed by atoms with Crippen LogP contribution in [0.4, 0.5) is 0 Å². The van der Waals surface area contributed by atoms with E-state index in [2.05, 4.69) is 16.1 Å². The molecule has 3 heterocycles. The molecule has 0 fully saturated rings. The molecule has 1 aromatic heterocycles. The van der Waals surface area contributed by atoms with E-state index in [1.54, 1.807) is 14.0 Å². The monoisotopic (exact) mass is 355 g/mol. The first kappa shape index (κ1) is 17.1. The Morgan fingerprint density at radius 2 is 2.19 bits per heavy atom. The number of fused-ring (bicyclic) bond motifs is 2. The fourth-order valence-electron chi connectivity index (χ4n) is 3.60. The Hall–Kier alpha value is -2.31. The quantitative estimate of drug-likeness (QED) is 0.914. The van der Waals surface area contributed by atoms with Crippen molar-refractivity contribution in [3.8, 4) is 11.5 Å². The maximum absolute atomic E-state index is 9.78. The number of methoxy groups -OCH3 is 1. The summed E-state index contributed by atoms with van der Waals surface area (Å²) in [6.45, 7) is 6.00. The third-order valence-electron chi connectivity index (χ3n) is 4.96. The predicted molar refractivity (Wildman–Crippen MR) is 99.2 cm³/mol. The minimum atomic E-state index is -0.524. The third-order valence-corrected chi connectivity index (χ3v) is 4.96. The molecule has 0 saturated heterocycles. The van der Waals surface area contributed by atoms with Crippen LogP contribution < -0.4 is 9.47 Å². The average molecular weight is 355 g/mol. The highest BCUT2D eigenvalue weighted by atomic mass is 16.5. The highest BCUT2D eigenvalue weighted by Crippen LogP contribution is 2.30. The lowest BCUT2D eigenvalue weighted by Crippen LogP contribution is -2.28. The van der Waals surface area contributed by atoms with Gasteiger partial charge in [-0.05, 0) is 49.3 Å². The van der Waals surface area contributed by atoms with Gasteiger partial charge in [0, 0.05) is 31.7 Å². The Balaban J connectivity index is 1.50. The Morgan fingerprint density at radius 3 is 3.00 bits per heavy atom. The molecular weight excluding hydrogens is 330 g/mol. The molecule has 1 N–H and O–H groups in total. The lowest BCUT2D eigenvalue weighted by atomic mass is 10.1. The fourth-order valence-corrected chi connectivity index (χ4v) is 3.60. The fraction of sp³-hybridized carbons (Fsp3) is 0.450. The summed E-state index contributed by atoms with van der Waals surface area (Å²) in [7, 11) is 1.68. The summed E-state index contributed by atoms with van der Waals surface area (Å²) >= 11 is 0. The molecule has 4 rings (SSSR count). The van der Waals surface area contributed by atoms with E-state index in [9.17, 15) is 5.11 Å². The molecule has 138 valence electrons. The zero-order valence-electron chi connectivity index (χ0n) is 15.3. The van der Waals surface area contributed by atoms with Crippen LogP contribution in [-0.4, -0.2) is 46.6 Å². The summed E-state index contributed by atoms with van der Waals surface area (Å²) < 4.78 is 13.3. The molecule has 0 bridgehead atoms. The van der Waals surface area contributed by atoms with Gasteiger partial charge in [-0.1, -0.05) is 0 Å². The first-order valence-electron chi connectivity index (χ1n) is 9.09. The van der Waals surface area contributed by atoms with E-state index in [1.165, 1.54) is 5.57 Å². The van der Waals surface area contributed by atoms with Gasteiger partial charge in [0.05, 0.1) is 24.6 Å². The predicted octanol–water partition coefficient (Wildman–Crippen LogP) is 2.63. The van der Waals surface area contributed by atoms with Crippen LogP contribution in [0.3, 0.4) is 0 Å². The van der Waals surface area contributed by atoms with Gasteiger partial charge in [0.25, 0.3) is 0 Å². The molecule has 6 nitrogen and oxygen atoms in total. The molecular formula is C20H25N3O3. The van der Waals surface area contributed by atoms with E-state index in [4.69, 9.17) is 9.47 Å². The van der Waals surface area contributed by atoms with E-state index in [0.717, 1.165) is 61.1 Å². The average Bonchev–Trinajstić information content (AvgIpc) is 2.95. The van der Waals surface area contributed by atoms with Gasteiger partial charge >= 0.3 is 0 Å². The number of nitrogens with zero attached hydrogens (tertiary/aromatic N) is 3. The van der Waals surface area contributed by atoms with Crippen LogP contribution in [0.15, 0.2) is 29.8 Å². The second kappa shape index (κ2) is 7.13. The number of aromatic nitrogens is 2. The number of rotatable bonds is 4. The standard InChI is InChI=1S/C20H25N3O3/c1-14(24)19-10-17-12-22(6-3-7-23(17)21-19)11-15-8-16-9-18(25-2)4-5-20(16)26-13-15/h4-5,8-10,14,24H,3,6-7,11-13H2,1-2H3/t14-/m0/s1. The van der Waals surface area contributed by atoms with Crippen molar-refractivity contribution in [2.75, 3.05) is 26.8 Å². The summed E-state index contributed by atoms with van der Waals surface area (Å²) in [4.78, 5) is 2.42. The molecule has 1 atom stereocenters. The topological polar surface area (TPSA) is 59.8 Å². The van der Waals surface area contributed by atoms with Gasteiger partial charge in [-0.15, -0.1) is 0 Å². The van der Waals surface area contributed by atoms with Crippen molar-refractivity contribution in [3.63, 3.8) is 0 Å². The summed E-state index contributed by atoms with van der Waals surface area (Å²) in [6.07, 6.45) is 2.74. The molecule has 0 saturated carbocycles. The van der Waals surface area contributed by atoms with Gasteiger partial charge in [0.1, 0.15) is 18.1 Å². The zero-order chi connectivity index (χ0) is 18.1. The minimum Gasteiger partial charge on any atom is -0.497 e. The lowest BCUT2D eigenvalue weighted by Gasteiger charge is -2.24. The number of aryl methyl sites for hydroxylation is 1. The van der Waals surface area contributed by atoms with Crippen LogP contribution >= 0.6 is 0 Å². The largest absolute Gasteiger partial charge is 0.497 e. The normalized spacial score (nSPS) is 18.2. The molecule has 2 aliphatic heterocycles.